The first-order valence-corrected chi connectivity index (χ1v) is 8.86. The van der Waals surface area contributed by atoms with Gasteiger partial charge in [0.15, 0.2) is 5.96 Å². The van der Waals surface area contributed by atoms with Gasteiger partial charge in [0, 0.05) is 50.6 Å². The molecule has 1 amide bonds. The van der Waals surface area contributed by atoms with E-state index in [2.05, 4.69) is 30.1 Å². The lowest BCUT2D eigenvalue weighted by Crippen LogP contribution is -2.53. The van der Waals surface area contributed by atoms with Crippen molar-refractivity contribution in [1.82, 2.24) is 15.1 Å². The van der Waals surface area contributed by atoms with Crippen LogP contribution in [0.4, 0.5) is 0 Å². The second-order valence-electron chi connectivity index (χ2n) is 6.31. The Balaban J connectivity index is 0.00000243. The van der Waals surface area contributed by atoms with Crippen molar-refractivity contribution in [2.24, 2.45) is 4.99 Å². The monoisotopic (exact) mass is 470 g/mol. The van der Waals surface area contributed by atoms with Crippen LogP contribution in [0.1, 0.15) is 25.2 Å². The number of hydrogen-bond donors (Lipinski definition) is 1. The topological polar surface area (TPSA) is 61.1 Å². The van der Waals surface area contributed by atoms with E-state index in [4.69, 9.17) is 9.41 Å². The average molecular weight is 470 g/mol. The first-order valence-electron chi connectivity index (χ1n) is 8.86. The van der Waals surface area contributed by atoms with E-state index in [1.807, 2.05) is 23.1 Å². The highest BCUT2D eigenvalue weighted by atomic mass is 127. The molecular weight excluding hydrogens is 443 g/mol. The normalized spacial score (nSPS) is 15.1. The Morgan fingerprint density at radius 2 is 1.85 bits per heavy atom. The molecule has 1 aliphatic rings. The van der Waals surface area contributed by atoms with Crippen molar-refractivity contribution in [3.05, 3.63) is 35.6 Å². The third kappa shape index (κ3) is 4.49. The molecule has 3 rings (SSSR count). The molecular formula is C19H27IN4O2. The molecule has 1 saturated heterocycles. The lowest BCUT2D eigenvalue weighted by Gasteiger charge is -2.36. The van der Waals surface area contributed by atoms with Gasteiger partial charge in [-0.25, -0.2) is 4.99 Å². The molecule has 1 aliphatic heterocycles. The van der Waals surface area contributed by atoms with Gasteiger partial charge in [-0.15, -0.1) is 24.0 Å². The standard InChI is InChI=1S/C19H26N4O2.HI/c1-4-20-19(23-11-9-22(10-12-23)15(3)24)21-13-18-14(2)16-7-5-6-8-17(16)25-18;/h5-8H,4,9-13H2,1-3H3,(H,20,21);1H. The van der Waals surface area contributed by atoms with E-state index in [1.165, 1.54) is 0 Å². The van der Waals surface area contributed by atoms with Crippen molar-refractivity contribution in [2.45, 2.75) is 27.3 Å². The van der Waals surface area contributed by atoms with Crippen LogP contribution in [-0.2, 0) is 11.3 Å². The summed E-state index contributed by atoms with van der Waals surface area (Å²) in [5.41, 5.74) is 2.06. The van der Waals surface area contributed by atoms with Gasteiger partial charge >= 0.3 is 0 Å². The van der Waals surface area contributed by atoms with E-state index >= 15 is 0 Å². The van der Waals surface area contributed by atoms with Gasteiger partial charge in [-0.2, -0.15) is 0 Å². The molecule has 0 unspecified atom stereocenters. The third-order valence-corrected chi connectivity index (χ3v) is 4.67. The summed E-state index contributed by atoms with van der Waals surface area (Å²) in [5.74, 6) is 1.92. The number of hydrogen-bond acceptors (Lipinski definition) is 3. The fourth-order valence-corrected chi connectivity index (χ4v) is 3.18. The molecule has 26 heavy (non-hydrogen) atoms. The first kappa shape index (κ1) is 20.5. The minimum atomic E-state index is 0. The number of aliphatic imine (C=N–C) groups is 1. The lowest BCUT2D eigenvalue weighted by molar-refractivity contribution is -0.130. The maximum absolute atomic E-state index is 11.5. The summed E-state index contributed by atoms with van der Waals surface area (Å²) >= 11 is 0. The van der Waals surface area contributed by atoms with Crippen molar-refractivity contribution < 1.29 is 9.21 Å². The molecule has 0 bridgehead atoms. The second-order valence-corrected chi connectivity index (χ2v) is 6.31. The van der Waals surface area contributed by atoms with Gasteiger partial charge in [-0.05, 0) is 19.9 Å². The van der Waals surface area contributed by atoms with Gasteiger partial charge in [0.25, 0.3) is 0 Å². The van der Waals surface area contributed by atoms with E-state index in [-0.39, 0.29) is 29.9 Å². The summed E-state index contributed by atoms with van der Waals surface area (Å²) in [6.45, 7) is 10.2. The highest BCUT2D eigenvalue weighted by molar-refractivity contribution is 14.0. The summed E-state index contributed by atoms with van der Waals surface area (Å²) in [7, 11) is 0. The Morgan fingerprint density at radius 1 is 1.19 bits per heavy atom. The van der Waals surface area contributed by atoms with Crippen LogP contribution in [0, 0.1) is 6.92 Å². The highest BCUT2D eigenvalue weighted by Crippen LogP contribution is 2.25. The summed E-state index contributed by atoms with van der Waals surface area (Å²) < 4.78 is 5.96. The zero-order valence-electron chi connectivity index (χ0n) is 15.6. The fourth-order valence-electron chi connectivity index (χ4n) is 3.18. The number of piperazine rings is 1. The predicted molar refractivity (Wildman–Crippen MR) is 115 cm³/mol. The van der Waals surface area contributed by atoms with E-state index < -0.39 is 0 Å². The number of carbonyl (C=O) groups excluding carboxylic acids is 1. The number of fused-ring (bicyclic) bond motifs is 1. The molecule has 7 heteroatoms. The SMILES string of the molecule is CCNC(=NCc1oc2ccccc2c1C)N1CCN(C(C)=O)CC1.I. The molecule has 1 aromatic heterocycles. The summed E-state index contributed by atoms with van der Waals surface area (Å²) in [6, 6.07) is 8.07. The highest BCUT2D eigenvalue weighted by Gasteiger charge is 2.21. The van der Waals surface area contributed by atoms with Crippen molar-refractivity contribution in [3.63, 3.8) is 0 Å². The lowest BCUT2D eigenvalue weighted by atomic mass is 10.1. The molecule has 142 valence electrons. The fraction of sp³-hybridized carbons (Fsp3) is 0.474. The number of halogens is 1. The van der Waals surface area contributed by atoms with Crippen LogP contribution in [0.15, 0.2) is 33.7 Å². The van der Waals surface area contributed by atoms with Crippen molar-refractivity contribution in [3.8, 4) is 0 Å². The smallest absolute Gasteiger partial charge is 0.219 e. The molecule has 0 spiro atoms. The third-order valence-electron chi connectivity index (χ3n) is 4.67. The number of para-hydroxylation sites is 1. The number of aryl methyl sites for hydroxylation is 1. The Hall–Kier alpha value is -1.77. The van der Waals surface area contributed by atoms with Crippen LogP contribution < -0.4 is 5.32 Å². The largest absolute Gasteiger partial charge is 0.459 e. The van der Waals surface area contributed by atoms with Crippen LogP contribution >= 0.6 is 24.0 Å². The van der Waals surface area contributed by atoms with Gasteiger partial charge in [-0.1, -0.05) is 18.2 Å². The van der Waals surface area contributed by atoms with Crippen LogP contribution in [0.3, 0.4) is 0 Å². The molecule has 1 aromatic carbocycles. The number of benzene rings is 1. The second kappa shape index (κ2) is 9.25. The predicted octanol–water partition coefficient (Wildman–Crippen LogP) is 2.99. The van der Waals surface area contributed by atoms with Gasteiger partial charge in [0.05, 0.1) is 0 Å². The molecule has 1 N–H and O–H groups in total. The minimum Gasteiger partial charge on any atom is -0.459 e. The first-order chi connectivity index (χ1) is 12.1. The zero-order chi connectivity index (χ0) is 17.8. The maximum atomic E-state index is 11.5. The van der Waals surface area contributed by atoms with Crippen molar-refractivity contribution >= 4 is 46.8 Å². The van der Waals surface area contributed by atoms with Gasteiger partial charge in [0.2, 0.25) is 5.91 Å². The Kier molecular flexibility index (Phi) is 7.31. The number of carbonyl (C=O) groups is 1. The maximum Gasteiger partial charge on any atom is 0.219 e. The van der Waals surface area contributed by atoms with Crippen LogP contribution in [0.25, 0.3) is 11.0 Å². The molecule has 2 heterocycles. The summed E-state index contributed by atoms with van der Waals surface area (Å²) in [6.07, 6.45) is 0. The molecule has 2 aromatic rings. The van der Waals surface area contributed by atoms with Crippen LogP contribution in [-0.4, -0.2) is 54.4 Å². The molecule has 0 atom stereocenters. The Bertz CT molecular complexity index is 779. The Labute approximate surface area is 171 Å². The number of amides is 1. The van der Waals surface area contributed by atoms with Gasteiger partial charge < -0.3 is 19.5 Å². The van der Waals surface area contributed by atoms with Gasteiger partial charge in [-0.3, -0.25) is 4.79 Å². The van der Waals surface area contributed by atoms with Crippen LogP contribution in [0.5, 0.6) is 0 Å². The molecule has 0 radical (unpaired) electrons. The van der Waals surface area contributed by atoms with Crippen molar-refractivity contribution in [1.29, 1.82) is 0 Å². The summed E-state index contributed by atoms with van der Waals surface area (Å²) in [5, 5.41) is 4.50. The van der Waals surface area contributed by atoms with Crippen LogP contribution in [0.2, 0.25) is 0 Å². The van der Waals surface area contributed by atoms with E-state index in [0.717, 1.165) is 61.0 Å². The average Bonchev–Trinajstić information content (AvgIpc) is 2.95. The zero-order valence-corrected chi connectivity index (χ0v) is 17.9. The number of guanidine groups is 1. The number of nitrogens with one attached hydrogen (secondary N) is 1. The minimum absolute atomic E-state index is 0. The van der Waals surface area contributed by atoms with E-state index in [0.29, 0.717) is 6.54 Å². The Morgan fingerprint density at radius 3 is 2.46 bits per heavy atom. The molecule has 0 aliphatic carbocycles. The van der Waals surface area contributed by atoms with E-state index in [1.54, 1.807) is 6.92 Å². The number of rotatable bonds is 3. The van der Waals surface area contributed by atoms with E-state index in [9.17, 15) is 4.79 Å². The molecule has 0 saturated carbocycles. The molecule has 1 fully saturated rings. The van der Waals surface area contributed by atoms with Gasteiger partial charge in [0.1, 0.15) is 17.9 Å². The number of nitrogens with zero attached hydrogens (tertiary/aromatic N) is 3. The summed E-state index contributed by atoms with van der Waals surface area (Å²) in [4.78, 5) is 20.3. The molecule has 6 nitrogen and oxygen atoms in total. The number of furan rings is 1. The quantitative estimate of drug-likeness (QED) is 0.426. The van der Waals surface area contributed by atoms with Crippen molar-refractivity contribution in [2.75, 3.05) is 32.7 Å².